The van der Waals surface area contributed by atoms with Gasteiger partial charge in [0.15, 0.2) is 5.00 Å². The van der Waals surface area contributed by atoms with Gasteiger partial charge in [-0.05, 0) is 78.0 Å². The van der Waals surface area contributed by atoms with Gasteiger partial charge in [0.2, 0.25) is 0 Å². The Bertz CT molecular complexity index is 1180. The van der Waals surface area contributed by atoms with Gasteiger partial charge in [-0.15, -0.1) is 21.6 Å². The molecule has 1 heterocycles. The van der Waals surface area contributed by atoms with Gasteiger partial charge in [-0.1, -0.05) is 0 Å². The van der Waals surface area contributed by atoms with E-state index in [9.17, 15) is 10.5 Å². The number of thiophene rings is 1. The van der Waals surface area contributed by atoms with Crippen molar-refractivity contribution < 1.29 is 18.9 Å². The van der Waals surface area contributed by atoms with Crippen molar-refractivity contribution in [3.8, 4) is 12.1 Å². The summed E-state index contributed by atoms with van der Waals surface area (Å²) in [6, 6.07) is 10.3. The molecule has 0 aliphatic carbocycles. The van der Waals surface area contributed by atoms with Crippen LogP contribution in [-0.2, 0) is 18.9 Å². The lowest BCUT2D eigenvalue weighted by atomic mass is 10.1. The molecule has 1 atom stereocenters. The van der Waals surface area contributed by atoms with Crippen LogP contribution in [0.3, 0.4) is 0 Å². The van der Waals surface area contributed by atoms with Crippen LogP contribution in [0.5, 0.6) is 0 Å². The Labute approximate surface area is 249 Å². The molecule has 0 bridgehead atoms. The Balaban J connectivity index is 1.98. The topological polar surface area (TPSA) is 116 Å². The van der Waals surface area contributed by atoms with Crippen LogP contribution in [0, 0.1) is 36.5 Å². The highest BCUT2D eigenvalue weighted by Crippen LogP contribution is 2.36. The van der Waals surface area contributed by atoms with Gasteiger partial charge < -0.3 is 28.7 Å². The number of hydrogen-bond donors (Lipinski definition) is 0. The molecule has 0 N–H and O–H groups in total. The Morgan fingerprint density at radius 2 is 1.66 bits per heavy atom. The number of benzene rings is 1. The van der Waals surface area contributed by atoms with Gasteiger partial charge in [-0.3, -0.25) is 0 Å². The van der Waals surface area contributed by atoms with Crippen molar-refractivity contribution in [1.82, 2.24) is 4.90 Å². The minimum absolute atomic E-state index is 0.108. The number of likely N-dealkylation sites (N-methyl/N-ethyl adjacent to an activating group) is 2. The van der Waals surface area contributed by atoms with Gasteiger partial charge in [-0.2, -0.15) is 10.5 Å². The fourth-order valence-corrected chi connectivity index (χ4v) is 4.69. The van der Waals surface area contributed by atoms with E-state index in [2.05, 4.69) is 45.2 Å². The summed E-state index contributed by atoms with van der Waals surface area (Å²) in [5, 5.41) is 27.9. The van der Waals surface area contributed by atoms with Crippen LogP contribution in [0.2, 0.25) is 0 Å². The number of rotatable bonds is 19. The minimum Gasteiger partial charge on any atom is -0.378 e. The van der Waals surface area contributed by atoms with Gasteiger partial charge in [-0.25, -0.2) is 0 Å². The quantitative estimate of drug-likeness (QED) is 0.151. The maximum Gasteiger partial charge on any atom is 0.158 e. The second kappa shape index (κ2) is 18.5. The highest BCUT2D eigenvalue weighted by molar-refractivity contribution is 7.16. The molecule has 0 saturated heterocycles. The van der Waals surface area contributed by atoms with E-state index in [0.29, 0.717) is 72.9 Å². The first-order chi connectivity index (χ1) is 19.7. The van der Waals surface area contributed by atoms with Crippen molar-refractivity contribution in [2.45, 2.75) is 46.8 Å². The Kier molecular flexibility index (Phi) is 15.5. The third-order valence-corrected chi connectivity index (χ3v) is 7.27. The molecule has 0 fully saturated rings. The van der Waals surface area contributed by atoms with Crippen LogP contribution >= 0.6 is 11.3 Å². The average molecular weight is 585 g/mol. The fraction of sp³-hybridized carbons (Fsp3) is 0.600. The van der Waals surface area contributed by atoms with Crippen molar-refractivity contribution in [2.75, 3.05) is 78.3 Å². The predicted octanol–water partition coefficient (Wildman–Crippen LogP) is 5.76. The molecule has 2 rings (SSSR count). The van der Waals surface area contributed by atoms with E-state index < -0.39 is 0 Å². The molecule has 1 aromatic carbocycles. The number of hydrogen-bond acceptors (Lipinski definition) is 11. The molecular formula is C30H44N6O4S. The monoisotopic (exact) mass is 584 g/mol. The van der Waals surface area contributed by atoms with Gasteiger partial charge >= 0.3 is 0 Å². The lowest BCUT2D eigenvalue weighted by Gasteiger charge is -2.29. The Hall–Kier alpha value is -2.90. The Morgan fingerprint density at radius 3 is 2.27 bits per heavy atom. The molecular weight excluding hydrogens is 540 g/mol. The van der Waals surface area contributed by atoms with Crippen LogP contribution < -0.4 is 4.90 Å². The third-order valence-electron chi connectivity index (χ3n) is 6.19. The highest BCUT2D eigenvalue weighted by atomic mass is 32.1. The molecule has 2 aromatic rings. The normalized spacial score (nSPS) is 12.3. The summed E-state index contributed by atoms with van der Waals surface area (Å²) in [6.07, 6.45) is -0.0192. The standard InChI is InChI=1S/C30H44N6O4S/c1-8-36(20-26(21-40-22(2)3)39-16-15-38-14-13-37-12-11-35(6)7)25-9-10-28(23(4)17-25)33-34-30-27(18-31)24(5)29(19-32)41-30/h9-10,17,22,26H,8,11-16,20-21H2,1-7H3/b34-33+. The molecule has 0 radical (unpaired) electrons. The Morgan fingerprint density at radius 1 is 0.951 bits per heavy atom. The maximum absolute atomic E-state index is 9.47. The van der Waals surface area contributed by atoms with Crippen molar-refractivity contribution in [2.24, 2.45) is 10.2 Å². The van der Waals surface area contributed by atoms with Gasteiger partial charge in [0, 0.05) is 25.3 Å². The zero-order valence-electron chi connectivity index (χ0n) is 25.5. The van der Waals surface area contributed by atoms with E-state index in [-0.39, 0.29) is 12.2 Å². The van der Waals surface area contributed by atoms with Crippen molar-refractivity contribution in [3.63, 3.8) is 0 Å². The summed E-state index contributed by atoms with van der Waals surface area (Å²) < 4.78 is 23.3. The summed E-state index contributed by atoms with van der Waals surface area (Å²) >= 11 is 1.18. The first kappa shape index (κ1) is 34.3. The predicted molar refractivity (Wildman–Crippen MR) is 163 cm³/mol. The number of anilines is 1. The van der Waals surface area contributed by atoms with Gasteiger partial charge in [0.05, 0.1) is 63.1 Å². The average Bonchev–Trinajstić information content (AvgIpc) is 3.26. The van der Waals surface area contributed by atoms with Crippen molar-refractivity contribution in [3.05, 3.63) is 39.8 Å². The lowest BCUT2D eigenvalue weighted by molar-refractivity contribution is -0.0520. The van der Waals surface area contributed by atoms with Crippen LogP contribution in [-0.4, -0.2) is 90.5 Å². The van der Waals surface area contributed by atoms with E-state index in [1.807, 2.05) is 47.0 Å². The third kappa shape index (κ3) is 11.9. The zero-order chi connectivity index (χ0) is 30.2. The SMILES string of the molecule is CCN(CC(COC(C)C)OCCOCCOCCN(C)C)c1ccc(/N=N/c2sc(C#N)c(C)c2C#N)c(C)c1. The largest absolute Gasteiger partial charge is 0.378 e. The molecule has 1 aromatic heterocycles. The van der Waals surface area contributed by atoms with Crippen LogP contribution in [0.1, 0.15) is 42.3 Å². The van der Waals surface area contributed by atoms with Crippen molar-refractivity contribution >= 4 is 27.7 Å². The molecule has 0 aliphatic rings. The van der Waals surface area contributed by atoms with E-state index in [1.165, 1.54) is 11.3 Å². The number of nitriles is 2. The molecule has 0 aliphatic heterocycles. The number of nitrogens with zero attached hydrogens (tertiary/aromatic N) is 6. The first-order valence-electron chi connectivity index (χ1n) is 13.9. The number of ether oxygens (including phenoxy) is 4. The molecule has 0 amide bonds. The molecule has 0 spiro atoms. The highest BCUT2D eigenvalue weighted by Gasteiger charge is 2.17. The molecule has 10 nitrogen and oxygen atoms in total. The van der Waals surface area contributed by atoms with E-state index in [4.69, 9.17) is 18.9 Å². The lowest BCUT2D eigenvalue weighted by Crippen LogP contribution is -2.38. The van der Waals surface area contributed by atoms with Gasteiger partial charge in [0.1, 0.15) is 17.0 Å². The van der Waals surface area contributed by atoms with E-state index >= 15 is 0 Å². The van der Waals surface area contributed by atoms with Crippen molar-refractivity contribution in [1.29, 1.82) is 10.5 Å². The van der Waals surface area contributed by atoms with Gasteiger partial charge in [0.25, 0.3) is 0 Å². The first-order valence-corrected chi connectivity index (χ1v) is 14.8. The maximum atomic E-state index is 9.47. The molecule has 41 heavy (non-hydrogen) atoms. The second-order valence-corrected chi connectivity index (χ2v) is 11.1. The molecule has 11 heteroatoms. The van der Waals surface area contributed by atoms with E-state index in [1.54, 1.807) is 6.92 Å². The molecule has 1 unspecified atom stereocenters. The van der Waals surface area contributed by atoms with Crippen LogP contribution in [0.25, 0.3) is 0 Å². The smallest absolute Gasteiger partial charge is 0.158 e. The van der Waals surface area contributed by atoms with E-state index in [0.717, 1.165) is 24.3 Å². The zero-order valence-corrected chi connectivity index (χ0v) is 26.3. The fourth-order valence-electron chi connectivity index (χ4n) is 3.81. The number of aryl methyl sites for hydroxylation is 1. The number of azo groups is 1. The summed E-state index contributed by atoms with van der Waals surface area (Å²) in [5.74, 6) is 0. The minimum atomic E-state index is -0.127. The molecule has 0 saturated carbocycles. The van der Waals surface area contributed by atoms with Crippen LogP contribution in [0.15, 0.2) is 28.4 Å². The summed E-state index contributed by atoms with van der Waals surface area (Å²) in [4.78, 5) is 4.81. The van der Waals surface area contributed by atoms with Crippen LogP contribution in [0.4, 0.5) is 16.4 Å². The molecule has 224 valence electrons. The summed E-state index contributed by atoms with van der Waals surface area (Å²) in [6.45, 7) is 15.5. The summed E-state index contributed by atoms with van der Waals surface area (Å²) in [5.41, 5.74) is 3.75. The summed E-state index contributed by atoms with van der Waals surface area (Å²) in [7, 11) is 4.04. The second-order valence-electron chi connectivity index (χ2n) is 10.1.